The van der Waals surface area contributed by atoms with E-state index in [0.29, 0.717) is 24.3 Å². The molecule has 0 aliphatic carbocycles. The highest BCUT2D eigenvalue weighted by atomic mass is 32.2. The van der Waals surface area contributed by atoms with Gasteiger partial charge in [-0.15, -0.1) is 11.8 Å². The van der Waals surface area contributed by atoms with Crippen molar-refractivity contribution in [3.05, 3.63) is 66.1 Å². The predicted molar refractivity (Wildman–Crippen MR) is 114 cm³/mol. The minimum absolute atomic E-state index is 0.0963. The highest BCUT2D eigenvalue weighted by Gasteiger charge is 2.23. The van der Waals surface area contributed by atoms with Gasteiger partial charge in [-0.3, -0.25) is 9.59 Å². The first-order valence-corrected chi connectivity index (χ1v) is 10.8. The lowest BCUT2D eigenvalue weighted by atomic mass is 10.2. The fourth-order valence-electron chi connectivity index (χ4n) is 3.56. The van der Waals surface area contributed by atoms with E-state index < -0.39 is 0 Å². The number of fused-ring (bicyclic) bond motifs is 1. The summed E-state index contributed by atoms with van der Waals surface area (Å²) in [7, 11) is 0. The van der Waals surface area contributed by atoms with Gasteiger partial charge in [-0.05, 0) is 37.6 Å². The Morgan fingerprint density at radius 2 is 2.07 bits per heavy atom. The van der Waals surface area contributed by atoms with Crippen molar-refractivity contribution < 1.29 is 9.59 Å². The summed E-state index contributed by atoms with van der Waals surface area (Å²) in [5.74, 6) is 0.751. The Kier molecular flexibility index (Phi) is 5.85. The molecule has 6 nitrogen and oxygen atoms in total. The van der Waals surface area contributed by atoms with Crippen molar-refractivity contribution >= 4 is 29.2 Å². The molecule has 0 radical (unpaired) electrons. The fourth-order valence-corrected chi connectivity index (χ4v) is 4.50. The molecule has 1 aliphatic rings. The number of imidazole rings is 1. The number of carbonyl (C=O) groups is 2. The molecule has 0 bridgehead atoms. The number of pyridine rings is 1. The monoisotopic (exact) mass is 408 g/mol. The van der Waals surface area contributed by atoms with Gasteiger partial charge in [0, 0.05) is 48.6 Å². The molecule has 0 spiro atoms. The summed E-state index contributed by atoms with van der Waals surface area (Å²) < 4.78 is 2.00. The lowest BCUT2D eigenvalue weighted by Crippen LogP contribution is -2.42. The van der Waals surface area contributed by atoms with E-state index in [-0.39, 0.29) is 17.9 Å². The van der Waals surface area contributed by atoms with Crippen LogP contribution in [0.3, 0.4) is 0 Å². The zero-order valence-electron chi connectivity index (χ0n) is 16.4. The van der Waals surface area contributed by atoms with E-state index in [4.69, 9.17) is 0 Å². The first kappa shape index (κ1) is 19.5. The lowest BCUT2D eigenvalue weighted by molar-refractivity contribution is -0.127. The number of hydrogen-bond acceptors (Lipinski definition) is 4. The summed E-state index contributed by atoms with van der Waals surface area (Å²) in [4.78, 5) is 32.0. The van der Waals surface area contributed by atoms with E-state index in [1.807, 2.05) is 71.1 Å². The molecule has 4 rings (SSSR count). The van der Waals surface area contributed by atoms with Gasteiger partial charge in [-0.1, -0.05) is 18.2 Å². The van der Waals surface area contributed by atoms with Crippen LogP contribution in [0.2, 0.25) is 0 Å². The lowest BCUT2D eigenvalue weighted by Gasteiger charge is -2.22. The fraction of sp³-hybridized carbons (Fsp3) is 0.318. The molecular weight excluding hydrogens is 384 g/mol. The molecule has 1 N–H and O–H groups in total. The number of benzene rings is 1. The number of hydrogen-bond donors (Lipinski definition) is 1. The van der Waals surface area contributed by atoms with Crippen LogP contribution in [0.1, 0.15) is 35.8 Å². The van der Waals surface area contributed by atoms with Crippen molar-refractivity contribution in [2.75, 3.05) is 13.1 Å². The van der Waals surface area contributed by atoms with Gasteiger partial charge < -0.3 is 14.6 Å². The van der Waals surface area contributed by atoms with Crippen LogP contribution in [0.4, 0.5) is 0 Å². The summed E-state index contributed by atoms with van der Waals surface area (Å²) in [5.41, 5.74) is 2.54. The zero-order chi connectivity index (χ0) is 20.2. The molecule has 2 amide bonds. The topological polar surface area (TPSA) is 66.7 Å². The molecule has 1 unspecified atom stereocenters. The molecule has 29 heavy (non-hydrogen) atoms. The van der Waals surface area contributed by atoms with Gasteiger partial charge >= 0.3 is 0 Å². The number of nitrogens with one attached hydrogen (secondary N) is 1. The number of aromatic nitrogens is 2. The molecular formula is C22H24N4O2S. The summed E-state index contributed by atoms with van der Waals surface area (Å²) >= 11 is 1.60. The Hall–Kier alpha value is -2.80. The Morgan fingerprint density at radius 1 is 1.24 bits per heavy atom. The van der Waals surface area contributed by atoms with E-state index >= 15 is 0 Å². The number of rotatable bonds is 7. The minimum atomic E-state index is -0.109. The summed E-state index contributed by atoms with van der Waals surface area (Å²) in [5, 5.41) is 3.04. The SMILES string of the molecule is CC(CN1CCCC1=O)NC(=O)c1ccccc1SCc1cn2ccccc2n1. The molecule has 3 aromatic rings. The van der Waals surface area contributed by atoms with Crippen molar-refractivity contribution in [3.63, 3.8) is 0 Å². The maximum atomic E-state index is 12.8. The van der Waals surface area contributed by atoms with E-state index in [0.717, 1.165) is 29.2 Å². The van der Waals surface area contributed by atoms with Crippen LogP contribution >= 0.6 is 11.8 Å². The van der Waals surface area contributed by atoms with E-state index in [9.17, 15) is 9.59 Å². The summed E-state index contributed by atoms with van der Waals surface area (Å²) in [6, 6.07) is 13.4. The van der Waals surface area contributed by atoms with Crippen LogP contribution in [0.5, 0.6) is 0 Å². The average Bonchev–Trinajstić information content (AvgIpc) is 3.32. The van der Waals surface area contributed by atoms with Gasteiger partial charge in [0.25, 0.3) is 5.91 Å². The normalized spacial score (nSPS) is 15.1. The molecule has 1 aromatic carbocycles. The van der Waals surface area contributed by atoms with Gasteiger partial charge in [0.1, 0.15) is 5.65 Å². The first-order valence-electron chi connectivity index (χ1n) is 9.83. The van der Waals surface area contributed by atoms with E-state index in [1.54, 1.807) is 11.8 Å². The quantitative estimate of drug-likeness (QED) is 0.609. The number of nitrogens with zero attached hydrogens (tertiary/aromatic N) is 3. The van der Waals surface area contributed by atoms with Gasteiger partial charge in [-0.2, -0.15) is 0 Å². The molecule has 3 heterocycles. The van der Waals surface area contributed by atoms with Gasteiger partial charge in [-0.25, -0.2) is 4.98 Å². The Labute approximate surface area is 174 Å². The number of carbonyl (C=O) groups excluding carboxylic acids is 2. The Bertz CT molecular complexity index is 999. The van der Waals surface area contributed by atoms with Crippen LogP contribution in [-0.4, -0.2) is 45.2 Å². The Morgan fingerprint density at radius 3 is 2.86 bits per heavy atom. The van der Waals surface area contributed by atoms with Crippen LogP contribution in [-0.2, 0) is 10.5 Å². The van der Waals surface area contributed by atoms with Crippen molar-refractivity contribution in [2.45, 2.75) is 36.5 Å². The van der Waals surface area contributed by atoms with Gasteiger partial charge in [0.05, 0.1) is 11.3 Å². The standard InChI is InChI=1S/C22H24N4O2S/c1-16(13-26-12-6-10-21(26)27)23-22(28)18-7-2-3-8-19(18)29-15-17-14-25-11-5-4-9-20(25)24-17/h2-5,7-9,11,14,16H,6,10,12-13,15H2,1H3,(H,23,28). The molecule has 150 valence electrons. The van der Waals surface area contributed by atoms with Crippen LogP contribution in [0.15, 0.2) is 59.8 Å². The minimum Gasteiger partial charge on any atom is -0.348 e. The molecule has 0 saturated carbocycles. The smallest absolute Gasteiger partial charge is 0.252 e. The molecule has 2 aromatic heterocycles. The van der Waals surface area contributed by atoms with Crippen LogP contribution in [0, 0.1) is 0 Å². The molecule has 1 saturated heterocycles. The van der Waals surface area contributed by atoms with Crippen LogP contribution < -0.4 is 5.32 Å². The predicted octanol–water partition coefficient (Wildman–Crippen LogP) is 3.37. The third-order valence-electron chi connectivity index (χ3n) is 4.96. The van der Waals surface area contributed by atoms with E-state index in [2.05, 4.69) is 10.3 Å². The second-order valence-electron chi connectivity index (χ2n) is 7.30. The third-order valence-corrected chi connectivity index (χ3v) is 6.07. The van der Waals surface area contributed by atoms with Crippen molar-refractivity contribution in [1.29, 1.82) is 0 Å². The molecule has 1 fully saturated rings. The zero-order valence-corrected chi connectivity index (χ0v) is 17.2. The van der Waals surface area contributed by atoms with E-state index in [1.165, 1.54) is 0 Å². The maximum absolute atomic E-state index is 12.8. The maximum Gasteiger partial charge on any atom is 0.252 e. The van der Waals surface area contributed by atoms with Crippen molar-refractivity contribution in [1.82, 2.24) is 19.6 Å². The number of thioether (sulfide) groups is 1. The number of amides is 2. The molecule has 1 atom stereocenters. The second kappa shape index (κ2) is 8.69. The highest BCUT2D eigenvalue weighted by Crippen LogP contribution is 2.26. The summed E-state index contributed by atoms with van der Waals surface area (Å²) in [6.07, 6.45) is 5.51. The average molecular weight is 409 g/mol. The van der Waals surface area contributed by atoms with Crippen molar-refractivity contribution in [2.24, 2.45) is 0 Å². The first-order chi connectivity index (χ1) is 14.1. The second-order valence-corrected chi connectivity index (χ2v) is 8.32. The third kappa shape index (κ3) is 4.62. The largest absolute Gasteiger partial charge is 0.348 e. The molecule has 7 heteroatoms. The molecule has 1 aliphatic heterocycles. The van der Waals surface area contributed by atoms with Gasteiger partial charge in [0.15, 0.2) is 0 Å². The van der Waals surface area contributed by atoms with Crippen molar-refractivity contribution in [3.8, 4) is 0 Å². The Balaban J connectivity index is 1.40. The van der Waals surface area contributed by atoms with Gasteiger partial charge in [0.2, 0.25) is 5.91 Å². The summed E-state index contributed by atoms with van der Waals surface area (Å²) in [6.45, 7) is 3.28. The highest BCUT2D eigenvalue weighted by molar-refractivity contribution is 7.98. The van der Waals surface area contributed by atoms with Crippen LogP contribution in [0.25, 0.3) is 5.65 Å². The number of likely N-dealkylation sites (tertiary alicyclic amines) is 1.